The highest BCUT2D eigenvalue weighted by Gasteiger charge is 2.45. The molecule has 0 atom stereocenters. The number of hydrogen-bond donors (Lipinski definition) is 0. The Labute approximate surface area is 262 Å². The summed E-state index contributed by atoms with van der Waals surface area (Å²) in [6.45, 7) is 1.67. The number of ether oxygens (including phenoxy) is 2. The number of nitrogens with zero attached hydrogens (tertiary/aromatic N) is 3. The molecule has 1 aliphatic rings. The number of hydrogen-bond acceptors (Lipinski definition) is 8. The number of amides is 3. The maximum atomic E-state index is 15.9. The van der Waals surface area contributed by atoms with Gasteiger partial charge in [-0.15, -0.1) is 0 Å². The minimum Gasteiger partial charge on any atom is -0.466 e. The summed E-state index contributed by atoms with van der Waals surface area (Å²) in [6.07, 6.45) is -0.186. The van der Waals surface area contributed by atoms with E-state index in [1.54, 1.807) is 44.2 Å². The largest absolute Gasteiger partial charge is 0.466 e. The number of pyridine rings is 1. The molecule has 0 aliphatic carbocycles. The third-order valence-electron chi connectivity index (χ3n) is 6.67. The van der Waals surface area contributed by atoms with E-state index >= 15 is 8.78 Å². The average molecular weight is 642 g/mol. The Morgan fingerprint density at radius 2 is 1.60 bits per heavy atom. The monoisotopic (exact) mass is 641 g/mol. The summed E-state index contributed by atoms with van der Waals surface area (Å²) in [6, 6.07) is 14.6. The van der Waals surface area contributed by atoms with Gasteiger partial charge < -0.3 is 14.4 Å². The smallest absolute Gasteiger partial charge is 0.359 e. The van der Waals surface area contributed by atoms with Crippen LogP contribution in [0.4, 0.5) is 14.5 Å². The van der Waals surface area contributed by atoms with Crippen molar-refractivity contribution < 1.29 is 42.2 Å². The lowest BCUT2D eigenvalue weighted by molar-refractivity contribution is -0.145. The van der Waals surface area contributed by atoms with Crippen molar-refractivity contribution in [3.63, 3.8) is 0 Å². The van der Waals surface area contributed by atoms with E-state index in [1.807, 2.05) is 0 Å². The van der Waals surface area contributed by atoms with Crippen LogP contribution in [0.5, 0.6) is 0 Å². The van der Waals surface area contributed by atoms with Crippen LogP contribution in [0.1, 0.15) is 69.5 Å². The average Bonchev–Trinajstić information content (AvgIpc) is 3.21. The molecule has 0 saturated carbocycles. The van der Waals surface area contributed by atoms with Crippen molar-refractivity contribution in [2.45, 2.75) is 45.6 Å². The summed E-state index contributed by atoms with van der Waals surface area (Å²) in [7, 11) is 0. The fourth-order valence-corrected chi connectivity index (χ4v) is 5.05. The standard InChI is InChI=1S/C32H30ClF2N3O7/c1-4-44-25(40)15-24(39)37(17-32(34,35)18-38-29(41)22-12-8-9-13-23(22)30(38)42)28-26(33)21(14-20-10-6-5-7-11-20)16-36-27(28)31(43)45-19(2)3/h5-13,16,19H,4,14-15,17-18H2,1-3H3. The number of aromatic nitrogens is 1. The van der Waals surface area contributed by atoms with Gasteiger partial charge in [-0.3, -0.25) is 24.1 Å². The molecular weight excluding hydrogens is 612 g/mol. The highest BCUT2D eigenvalue weighted by molar-refractivity contribution is 6.35. The van der Waals surface area contributed by atoms with Crippen LogP contribution in [0.3, 0.4) is 0 Å². The summed E-state index contributed by atoms with van der Waals surface area (Å²) in [5.41, 5.74) is -0.0610. The van der Waals surface area contributed by atoms with Crippen LogP contribution in [-0.4, -0.2) is 71.3 Å². The van der Waals surface area contributed by atoms with Crippen molar-refractivity contribution in [2.75, 3.05) is 24.6 Å². The molecular formula is C32H30ClF2N3O7. The first-order valence-electron chi connectivity index (χ1n) is 14.0. The number of benzene rings is 2. The molecule has 0 N–H and O–H groups in total. The second kappa shape index (κ2) is 13.9. The van der Waals surface area contributed by atoms with Gasteiger partial charge in [-0.25, -0.2) is 18.6 Å². The first kappa shape index (κ1) is 33.2. The van der Waals surface area contributed by atoms with E-state index < -0.39 is 72.6 Å². The molecule has 2 aromatic carbocycles. The van der Waals surface area contributed by atoms with Crippen LogP contribution in [-0.2, 0) is 25.5 Å². The zero-order valence-electron chi connectivity index (χ0n) is 24.7. The lowest BCUT2D eigenvalue weighted by atomic mass is 10.0. The minimum absolute atomic E-state index is 0.0341. The number of anilines is 1. The van der Waals surface area contributed by atoms with Crippen molar-refractivity contribution >= 4 is 46.9 Å². The van der Waals surface area contributed by atoms with Gasteiger partial charge in [0.25, 0.3) is 17.7 Å². The van der Waals surface area contributed by atoms with Gasteiger partial charge in [0.2, 0.25) is 5.91 Å². The summed E-state index contributed by atoms with van der Waals surface area (Å²) < 4.78 is 41.9. The quantitative estimate of drug-likeness (QED) is 0.152. The summed E-state index contributed by atoms with van der Waals surface area (Å²) >= 11 is 6.77. The minimum atomic E-state index is -3.95. The number of alkyl halides is 2. The van der Waals surface area contributed by atoms with Crippen LogP contribution in [0.2, 0.25) is 5.02 Å². The molecule has 4 rings (SSSR count). The molecule has 0 spiro atoms. The van der Waals surface area contributed by atoms with Crippen LogP contribution >= 0.6 is 11.6 Å². The van der Waals surface area contributed by atoms with E-state index in [1.165, 1.54) is 37.4 Å². The van der Waals surface area contributed by atoms with Gasteiger partial charge in [0.05, 0.1) is 47.6 Å². The summed E-state index contributed by atoms with van der Waals surface area (Å²) in [4.78, 5) is 69.7. The Bertz CT molecular complexity index is 1600. The highest BCUT2D eigenvalue weighted by Crippen LogP contribution is 2.36. The number of rotatable bonds is 12. The van der Waals surface area contributed by atoms with Crippen LogP contribution in [0, 0.1) is 0 Å². The molecule has 0 unspecified atom stereocenters. The SMILES string of the molecule is CCOC(=O)CC(=O)N(CC(F)(F)CN1C(=O)c2ccccc2C1=O)c1c(C(=O)OC(C)C)ncc(Cc2ccccc2)c1Cl. The topological polar surface area (TPSA) is 123 Å². The Hall–Kier alpha value is -4.71. The summed E-state index contributed by atoms with van der Waals surface area (Å²) in [5.74, 6) is -9.04. The van der Waals surface area contributed by atoms with Crippen molar-refractivity contribution in [2.24, 2.45) is 0 Å². The van der Waals surface area contributed by atoms with E-state index in [2.05, 4.69) is 4.98 Å². The number of carbonyl (C=O) groups is 5. The van der Waals surface area contributed by atoms with Gasteiger partial charge in [0, 0.05) is 12.6 Å². The van der Waals surface area contributed by atoms with E-state index in [0.717, 1.165) is 5.56 Å². The van der Waals surface area contributed by atoms with E-state index in [-0.39, 0.29) is 34.7 Å². The predicted octanol–water partition coefficient (Wildman–Crippen LogP) is 5.11. The van der Waals surface area contributed by atoms with Crippen molar-refractivity contribution in [3.8, 4) is 0 Å². The molecule has 0 fully saturated rings. The van der Waals surface area contributed by atoms with E-state index in [4.69, 9.17) is 21.1 Å². The Kier molecular flexibility index (Phi) is 10.3. The Morgan fingerprint density at radius 1 is 1.00 bits per heavy atom. The molecule has 1 aliphatic heterocycles. The molecule has 0 saturated heterocycles. The van der Waals surface area contributed by atoms with Crippen LogP contribution < -0.4 is 4.90 Å². The van der Waals surface area contributed by atoms with Gasteiger partial charge >= 0.3 is 11.9 Å². The molecule has 236 valence electrons. The normalized spacial score (nSPS) is 12.7. The molecule has 45 heavy (non-hydrogen) atoms. The van der Waals surface area contributed by atoms with Gasteiger partial charge in [0.1, 0.15) is 6.42 Å². The fraction of sp³-hybridized carbons (Fsp3) is 0.312. The highest BCUT2D eigenvalue weighted by atomic mass is 35.5. The molecule has 10 nitrogen and oxygen atoms in total. The van der Waals surface area contributed by atoms with Crippen LogP contribution in [0.15, 0.2) is 60.8 Å². The Balaban J connectivity index is 1.78. The maximum absolute atomic E-state index is 15.9. The van der Waals surface area contributed by atoms with Gasteiger partial charge in [0.15, 0.2) is 5.69 Å². The van der Waals surface area contributed by atoms with Crippen molar-refractivity contribution in [1.29, 1.82) is 0 Å². The number of halogens is 3. The van der Waals surface area contributed by atoms with Crippen molar-refractivity contribution in [1.82, 2.24) is 9.88 Å². The lowest BCUT2D eigenvalue weighted by Crippen LogP contribution is -2.49. The third kappa shape index (κ3) is 7.69. The van der Waals surface area contributed by atoms with Gasteiger partial charge in [-0.05, 0) is 44.0 Å². The molecule has 1 aromatic heterocycles. The number of carbonyl (C=O) groups excluding carboxylic acids is 5. The summed E-state index contributed by atoms with van der Waals surface area (Å²) in [5, 5.41) is -0.252. The number of imide groups is 1. The second-order valence-corrected chi connectivity index (χ2v) is 10.8. The molecule has 3 amide bonds. The first-order chi connectivity index (χ1) is 21.3. The van der Waals surface area contributed by atoms with Crippen LogP contribution in [0.25, 0.3) is 0 Å². The molecule has 0 bridgehead atoms. The predicted molar refractivity (Wildman–Crippen MR) is 159 cm³/mol. The molecule has 3 aromatic rings. The maximum Gasteiger partial charge on any atom is 0.359 e. The first-order valence-corrected chi connectivity index (χ1v) is 14.4. The van der Waals surface area contributed by atoms with E-state index in [0.29, 0.717) is 9.80 Å². The lowest BCUT2D eigenvalue weighted by Gasteiger charge is -2.31. The molecule has 13 heteroatoms. The van der Waals surface area contributed by atoms with E-state index in [9.17, 15) is 24.0 Å². The third-order valence-corrected chi connectivity index (χ3v) is 7.09. The zero-order valence-corrected chi connectivity index (χ0v) is 25.5. The second-order valence-electron chi connectivity index (χ2n) is 10.5. The van der Waals surface area contributed by atoms with Gasteiger partial charge in [-0.2, -0.15) is 0 Å². The fourth-order valence-electron chi connectivity index (χ4n) is 4.74. The molecule has 2 heterocycles. The van der Waals surface area contributed by atoms with Crippen molar-refractivity contribution in [3.05, 3.63) is 93.8 Å². The van der Waals surface area contributed by atoms with Gasteiger partial charge in [-0.1, -0.05) is 54.1 Å². The number of fused-ring (bicyclic) bond motifs is 1. The zero-order chi connectivity index (χ0) is 32.9. The Morgan fingerprint density at radius 3 is 2.18 bits per heavy atom. The molecule has 0 radical (unpaired) electrons. The number of esters is 2.